The highest BCUT2D eigenvalue weighted by molar-refractivity contribution is 9.10. The summed E-state index contributed by atoms with van der Waals surface area (Å²) < 4.78 is 6.86. The summed E-state index contributed by atoms with van der Waals surface area (Å²) in [4.78, 5) is 11.3. The lowest BCUT2D eigenvalue weighted by molar-refractivity contribution is -0.0706. The molecule has 3 rings (SSSR count). The lowest BCUT2D eigenvalue weighted by atomic mass is 9.58. The van der Waals surface area contributed by atoms with Crippen LogP contribution in [0.2, 0.25) is 0 Å². The second-order valence-corrected chi connectivity index (χ2v) is 6.93. The molecule has 108 valence electrons. The largest absolute Gasteiger partial charge is 0.489 e. The van der Waals surface area contributed by atoms with Gasteiger partial charge in [-0.15, -0.1) is 0 Å². The molecule has 20 heavy (non-hydrogen) atoms. The van der Waals surface area contributed by atoms with Crippen LogP contribution in [-0.4, -0.2) is 17.2 Å². The smallest absolute Gasteiger partial charge is 0.339 e. The van der Waals surface area contributed by atoms with Gasteiger partial charge in [-0.25, -0.2) is 4.79 Å². The van der Waals surface area contributed by atoms with Crippen molar-refractivity contribution in [3.63, 3.8) is 0 Å². The molecule has 0 bridgehead atoms. The van der Waals surface area contributed by atoms with E-state index in [2.05, 4.69) is 15.9 Å². The van der Waals surface area contributed by atoms with E-state index in [0.29, 0.717) is 11.2 Å². The van der Waals surface area contributed by atoms with E-state index >= 15 is 0 Å². The Morgan fingerprint density at radius 1 is 1.25 bits per heavy atom. The number of hydrogen-bond acceptors (Lipinski definition) is 2. The first-order valence-electron chi connectivity index (χ1n) is 7.30. The quantitative estimate of drug-likeness (QED) is 0.873. The minimum Gasteiger partial charge on any atom is -0.489 e. The number of benzene rings is 1. The van der Waals surface area contributed by atoms with Crippen molar-refractivity contribution >= 4 is 21.9 Å². The fourth-order valence-corrected chi connectivity index (χ4v) is 3.97. The first-order valence-corrected chi connectivity index (χ1v) is 8.10. The molecule has 1 aromatic rings. The fraction of sp³-hybridized carbons (Fsp3) is 0.562. The van der Waals surface area contributed by atoms with Gasteiger partial charge in [-0.1, -0.05) is 35.2 Å². The summed E-state index contributed by atoms with van der Waals surface area (Å²) in [6, 6.07) is 5.22. The van der Waals surface area contributed by atoms with Crippen LogP contribution in [0.1, 0.15) is 55.3 Å². The topological polar surface area (TPSA) is 46.5 Å². The van der Waals surface area contributed by atoms with Crippen LogP contribution in [0.3, 0.4) is 0 Å². The molecule has 3 nitrogen and oxygen atoms in total. The number of aromatic carboxylic acids is 1. The van der Waals surface area contributed by atoms with E-state index in [4.69, 9.17) is 4.74 Å². The van der Waals surface area contributed by atoms with Crippen LogP contribution in [0.25, 0.3) is 0 Å². The highest BCUT2D eigenvalue weighted by Gasteiger charge is 2.48. The second kappa shape index (κ2) is 5.40. The van der Waals surface area contributed by atoms with E-state index in [1.54, 1.807) is 12.1 Å². The lowest BCUT2D eigenvalue weighted by Crippen LogP contribution is -2.49. The molecular formula is C16H19BrO3. The maximum absolute atomic E-state index is 11.3. The van der Waals surface area contributed by atoms with Gasteiger partial charge in [0.15, 0.2) is 0 Å². The first-order chi connectivity index (χ1) is 9.61. The van der Waals surface area contributed by atoms with Crippen LogP contribution in [0.4, 0.5) is 0 Å². The average Bonchev–Trinajstić information content (AvgIpc) is 2.45. The minimum atomic E-state index is -0.932. The van der Waals surface area contributed by atoms with Crippen molar-refractivity contribution in [1.29, 1.82) is 0 Å². The van der Waals surface area contributed by atoms with E-state index in [1.165, 1.54) is 38.5 Å². The van der Waals surface area contributed by atoms with E-state index in [9.17, 15) is 9.90 Å². The van der Waals surface area contributed by atoms with Gasteiger partial charge in [0, 0.05) is 9.89 Å². The zero-order valence-corrected chi connectivity index (χ0v) is 13.0. The van der Waals surface area contributed by atoms with Crippen LogP contribution in [-0.2, 0) is 0 Å². The number of carboxylic acids is 1. The molecule has 0 radical (unpaired) electrons. The van der Waals surface area contributed by atoms with Gasteiger partial charge < -0.3 is 9.84 Å². The van der Waals surface area contributed by atoms with Crippen molar-refractivity contribution in [1.82, 2.24) is 0 Å². The molecule has 2 saturated carbocycles. The van der Waals surface area contributed by atoms with E-state index < -0.39 is 5.97 Å². The molecule has 0 amide bonds. The number of hydrogen-bond donors (Lipinski definition) is 1. The van der Waals surface area contributed by atoms with Crippen LogP contribution in [0.5, 0.6) is 5.75 Å². The third-order valence-electron chi connectivity index (χ3n) is 4.88. The van der Waals surface area contributed by atoms with Gasteiger partial charge in [0.25, 0.3) is 0 Å². The van der Waals surface area contributed by atoms with Gasteiger partial charge >= 0.3 is 5.97 Å². The van der Waals surface area contributed by atoms with Crippen molar-refractivity contribution < 1.29 is 14.6 Å². The number of carboxylic acid groups (broad SMARTS) is 1. The van der Waals surface area contributed by atoms with Gasteiger partial charge in [0.2, 0.25) is 0 Å². The molecule has 2 aliphatic carbocycles. The summed E-state index contributed by atoms with van der Waals surface area (Å²) >= 11 is 3.31. The summed E-state index contributed by atoms with van der Waals surface area (Å²) in [5.41, 5.74) is 0.568. The predicted molar refractivity (Wildman–Crippen MR) is 80.3 cm³/mol. The van der Waals surface area contributed by atoms with Crippen LogP contribution < -0.4 is 4.74 Å². The zero-order valence-electron chi connectivity index (χ0n) is 11.4. The first kappa shape index (κ1) is 13.9. The predicted octanol–water partition coefficient (Wildman–Crippen LogP) is 4.64. The number of rotatable bonds is 3. The summed E-state index contributed by atoms with van der Waals surface area (Å²) in [7, 11) is 0. The van der Waals surface area contributed by atoms with E-state index in [0.717, 1.165) is 10.9 Å². The molecule has 0 aromatic heterocycles. The molecule has 0 aliphatic heterocycles. The summed E-state index contributed by atoms with van der Waals surface area (Å²) in [6.07, 6.45) is 8.84. The Balaban J connectivity index is 1.79. The van der Waals surface area contributed by atoms with Crippen molar-refractivity contribution in [2.45, 2.75) is 51.0 Å². The minimum absolute atomic E-state index is 0.196. The molecule has 1 N–H and O–H groups in total. The lowest BCUT2D eigenvalue weighted by Gasteiger charge is -2.51. The molecule has 0 heterocycles. The molecular weight excluding hydrogens is 320 g/mol. The standard InChI is InChI=1S/C16H19BrO3/c17-11-4-5-13(12(10-11)15(18)19)20-14-6-9-16(14)7-2-1-3-8-16/h4-5,10,14H,1-3,6-9H2,(H,18,19). The molecule has 1 atom stereocenters. The molecule has 2 aliphatic rings. The second-order valence-electron chi connectivity index (χ2n) is 6.01. The maximum atomic E-state index is 11.3. The normalized spacial score (nSPS) is 24.1. The Morgan fingerprint density at radius 2 is 2.00 bits per heavy atom. The monoisotopic (exact) mass is 338 g/mol. The Bertz CT molecular complexity index is 520. The Labute approximate surface area is 127 Å². The highest BCUT2D eigenvalue weighted by atomic mass is 79.9. The Kier molecular flexibility index (Phi) is 3.76. The molecule has 0 saturated heterocycles. The maximum Gasteiger partial charge on any atom is 0.339 e. The van der Waals surface area contributed by atoms with Gasteiger partial charge in [-0.3, -0.25) is 0 Å². The number of carbonyl (C=O) groups is 1. The fourth-order valence-electron chi connectivity index (χ4n) is 3.61. The van der Waals surface area contributed by atoms with Crippen molar-refractivity contribution in [2.75, 3.05) is 0 Å². The third kappa shape index (κ3) is 2.46. The summed E-state index contributed by atoms with van der Waals surface area (Å²) in [5, 5.41) is 9.29. The molecule has 1 unspecified atom stereocenters. The van der Waals surface area contributed by atoms with Crippen LogP contribution in [0, 0.1) is 5.41 Å². The van der Waals surface area contributed by atoms with Gasteiger partial charge in [-0.05, 0) is 43.9 Å². The molecule has 4 heteroatoms. The van der Waals surface area contributed by atoms with Crippen LogP contribution in [0.15, 0.2) is 22.7 Å². The van der Waals surface area contributed by atoms with Crippen LogP contribution >= 0.6 is 15.9 Å². The molecule has 1 aromatic carbocycles. The van der Waals surface area contributed by atoms with Crippen molar-refractivity contribution in [3.8, 4) is 5.75 Å². The third-order valence-corrected chi connectivity index (χ3v) is 5.37. The average molecular weight is 339 g/mol. The number of halogens is 1. The Morgan fingerprint density at radius 3 is 2.60 bits per heavy atom. The van der Waals surface area contributed by atoms with E-state index in [-0.39, 0.29) is 11.7 Å². The summed E-state index contributed by atoms with van der Waals surface area (Å²) in [6.45, 7) is 0. The SMILES string of the molecule is O=C(O)c1cc(Br)ccc1OC1CCC12CCCCC2. The van der Waals surface area contributed by atoms with Crippen molar-refractivity contribution in [3.05, 3.63) is 28.2 Å². The Hall–Kier alpha value is -1.03. The highest BCUT2D eigenvalue weighted by Crippen LogP contribution is 2.53. The molecule has 1 spiro atoms. The van der Waals surface area contributed by atoms with Gasteiger partial charge in [0.05, 0.1) is 0 Å². The number of ether oxygens (including phenoxy) is 1. The summed E-state index contributed by atoms with van der Waals surface area (Å²) in [5.74, 6) is -0.423. The van der Waals surface area contributed by atoms with Gasteiger partial charge in [0.1, 0.15) is 17.4 Å². The molecule has 2 fully saturated rings. The zero-order chi connectivity index (χ0) is 14.2. The van der Waals surface area contributed by atoms with Gasteiger partial charge in [-0.2, -0.15) is 0 Å². The van der Waals surface area contributed by atoms with Crippen molar-refractivity contribution in [2.24, 2.45) is 5.41 Å². The van der Waals surface area contributed by atoms with E-state index in [1.807, 2.05) is 6.07 Å².